The van der Waals surface area contributed by atoms with Gasteiger partial charge >= 0.3 is 13.3 Å². The molecule has 2 rings (SSSR count). The van der Waals surface area contributed by atoms with E-state index in [4.69, 9.17) is 19.2 Å². The maximum absolute atomic E-state index is 11.9. The fourth-order valence-electron chi connectivity index (χ4n) is 2.28. The molecular weight excluding hydrogens is 281 g/mol. The van der Waals surface area contributed by atoms with E-state index in [2.05, 4.69) is 6.92 Å². The van der Waals surface area contributed by atoms with Gasteiger partial charge in [0.1, 0.15) is 0 Å². The van der Waals surface area contributed by atoms with Gasteiger partial charge in [-0.05, 0) is 30.7 Å². The van der Waals surface area contributed by atoms with Gasteiger partial charge in [-0.1, -0.05) is 26.2 Å². The molecule has 0 radical (unpaired) electrons. The number of rotatable bonds is 6. The smallest absolute Gasteiger partial charge is 0.481 e. The van der Waals surface area contributed by atoms with E-state index in [-0.39, 0.29) is 0 Å². The zero-order valence-electron chi connectivity index (χ0n) is 12.8. The van der Waals surface area contributed by atoms with Crippen LogP contribution >= 0.6 is 0 Å². The van der Waals surface area contributed by atoms with Gasteiger partial charge in [-0.25, -0.2) is 4.79 Å². The molecule has 1 aliphatic rings. The van der Waals surface area contributed by atoms with Crippen molar-refractivity contribution in [2.45, 2.75) is 32.6 Å². The van der Waals surface area contributed by atoms with Gasteiger partial charge < -0.3 is 14.0 Å². The molecule has 1 aliphatic heterocycles. The number of carbonyl (C=O) groups is 1. The summed E-state index contributed by atoms with van der Waals surface area (Å²) >= 11 is 0. The summed E-state index contributed by atoms with van der Waals surface area (Å²) in [6.45, 7) is 3.27. The summed E-state index contributed by atoms with van der Waals surface area (Å²) in [7, 11) is -0.939. The van der Waals surface area contributed by atoms with Gasteiger partial charge in [0, 0.05) is 19.1 Å². The van der Waals surface area contributed by atoms with Crippen molar-refractivity contribution in [2.24, 2.45) is 5.92 Å². The number of nitrogens with zero attached hydrogens (tertiary/aromatic N) is 1. The van der Waals surface area contributed by atoms with Gasteiger partial charge in [-0.3, -0.25) is 0 Å². The molecule has 6 heteroatoms. The summed E-state index contributed by atoms with van der Waals surface area (Å²) in [4.78, 5) is 11.9. The Bertz CT molecular complexity index is 518. The number of nitriles is 1. The molecule has 0 aliphatic carbocycles. The van der Waals surface area contributed by atoms with E-state index < -0.39 is 13.3 Å². The lowest BCUT2D eigenvalue weighted by Crippen LogP contribution is -2.39. The molecule has 0 spiro atoms. The molecule has 116 valence electrons. The van der Waals surface area contributed by atoms with Crippen molar-refractivity contribution < 1.29 is 18.8 Å². The number of hydrogen-bond acceptors (Lipinski definition) is 5. The highest BCUT2D eigenvalue weighted by Crippen LogP contribution is 2.17. The molecule has 0 amide bonds. The Morgan fingerprint density at radius 1 is 1.32 bits per heavy atom. The van der Waals surface area contributed by atoms with E-state index in [0.29, 0.717) is 30.3 Å². The zero-order chi connectivity index (χ0) is 15.8. The van der Waals surface area contributed by atoms with Gasteiger partial charge in [0.25, 0.3) is 0 Å². The van der Waals surface area contributed by atoms with Crippen LogP contribution in [0.3, 0.4) is 0 Å². The number of hydrogen-bond donors (Lipinski definition) is 0. The standard InChI is InChI=1S/C16H20BNO4/c1-2-3-4-5-14-11-20-17(21-12-14)22-16(19)15-8-6-13(10-18)7-9-15/h6-9,14H,2-5,11-12H2,1H3. The van der Waals surface area contributed by atoms with Crippen molar-refractivity contribution in [1.29, 1.82) is 5.26 Å². The molecule has 1 fully saturated rings. The Morgan fingerprint density at radius 2 is 2.00 bits per heavy atom. The van der Waals surface area contributed by atoms with Crippen LogP contribution in [0.1, 0.15) is 48.5 Å². The van der Waals surface area contributed by atoms with Crippen molar-refractivity contribution in [3.63, 3.8) is 0 Å². The van der Waals surface area contributed by atoms with Crippen LogP contribution in [-0.2, 0) is 14.0 Å². The molecule has 5 nitrogen and oxygen atoms in total. The predicted molar refractivity (Wildman–Crippen MR) is 81.9 cm³/mol. The Hall–Kier alpha value is -1.84. The number of benzene rings is 1. The van der Waals surface area contributed by atoms with Gasteiger partial charge in [-0.15, -0.1) is 0 Å². The molecule has 1 aromatic carbocycles. The maximum Gasteiger partial charge on any atom is 0.715 e. The predicted octanol–water partition coefficient (Wildman–Crippen LogP) is 2.94. The van der Waals surface area contributed by atoms with E-state index in [0.717, 1.165) is 6.42 Å². The van der Waals surface area contributed by atoms with Crippen LogP contribution in [0.5, 0.6) is 0 Å². The average Bonchev–Trinajstić information content (AvgIpc) is 2.57. The van der Waals surface area contributed by atoms with Crippen LogP contribution in [-0.4, -0.2) is 26.5 Å². The van der Waals surface area contributed by atoms with Gasteiger partial charge in [0.2, 0.25) is 0 Å². The molecule has 0 atom stereocenters. The second kappa shape index (κ2) is 8.57. The first kappa shape index (κ1) is 16.5. The lowest BCUT2D eigenvalue weighted by molar-refractivity contribution is 0.0151. The highest BCUT2D eigenvalue weighted by Gasteiger charge is 2.33. The van der Waals surface area contributed by atoms with Crippen molar-refractivity contribution in [3.8, 4) is 6.07 Å². The van der Waals surface area contributed by atoms with Crippen LogP contribution in [0.4, 0.5) is 0 Å². The second-order valence-electron chi connectivity index (χ2n) is 5.41. The topological polar surface area (TPSA) is 68.5 Å². The van der Waals surface area contributed by atoms with E-state index in [1.54, 1.807) is 24.3 Å². The Labute approximate surface area is 131 Å². The normalized spacial score (nSPS) is 15.4. The molecule has 0 N–H and O–H groups in total. The summed E-state index contributed by atoms with van der Waals surface area (Å²) in [5.41, 5.74) is 0.868. The van der Waals surface area contributed by atoms with Gasteiger partial charge in [0.15, 0.2) is 0 Å². The highest BCUT2D eigenvalue weighted by molar-refractivity contribution is 6.40. The third kappa shape index (κ3) is 4.87. The van der Waals surface area contributed by atoms with Crippen LogP contribution in [0.15, 0.2) is 24.3 Å². The van der Waals surface area contributed by atoms with Gasteiger partial charge in [0.05, 0.1) is 17.2 Å². The van der Waals surface area contributed by atoms with Crippen molar-refractivity contribution in [3.05, 3.63) is 35.4 Å². The minimum absolute atomic E-state index is 0.372. The third-order valence-electron chi connectivity index (χ3n) is 3.60. The Kier molecular flexibility index (Phi) is 6.44. The first-order valence-electron chi connectivity index (χ1n) is 7.67. The van der Waals surface area contributed by atoms with Crippen molar-refractivity contribution in [2.75, 3.05) is 13.2 Å². The third-order valence-corrected chi connectivity index (χ3v) is 3.60. The summed E-state index contributed by atoms with van der Waals surface area (Å²) < 4.78 is 16.0. The largest absolute Gasteiger partial charge is 0.715 e. The molecule has 1 saturated heterocycles. The fraction of sp³-hybridized carbons (Fsp3) is 0.500. The molecule has 0 saturated carbocycles. The molecular formula is C16H20BNO4. The molecule has 0 aromatic heterocycles. The maximum atomic E-state index is 11.9. The molecule has 0 bridgehead atoms. The average molecular weight is 301 g/mol. The minimum Gasteiger partial charge on any atom is -0.481 e. The van der Waals surface area contributed by atoms with E-state index in [1.807, 2.05) is 6.07 Å². The molecule has 22 heavy (non-hydrogen) atoms. The first-order chi connectivity index (χ1) is 10.7. The lowest BCUT2D eigenvalue weighted by atomic mass is 10.00. The number of carbonyl (C=O) groups excluding carboxylic acids is 1. The van der Waals surface area contributed by atoms with E-state index >= 15 is 0 Å². The molecule has 1 heterocycles. The highest BCUT2D eigenvalue weighted by atomic mass is 16.8. The quantitative estimate of drug-likeness (QED) is 0.597. The monoisotopic (exact) mass is 301 g/mol. The fourth-order valence-corrected chi connectivity index (χ4v) is 2.28. The lowest BCUT2D eigenvalue weighted by Gasteiger charge is -2.25. The summed E-state index contributed by atoms with van der Waals surface area (Å²) in [6, 6.07) is 8.25. The molecule has 0 unspecified atom stereocenters. The minimum atomic E-state index is -0.939. The molecule has 1 aromatic rings. The van der Waals surface area contributed by atoms with Crippen LogP contribution in [0.25, 0.3) is 0 Å². The SMILES string of the molecule is CCCCCC1COB(OC(=O)c2ccc(C#N)cc2)OC1. The van der Waals surface area contributed by atoms with Crippen LogP contribution < -0.4 is 0 Å². The van der Waals surface area contributed by atoms with Crippen molar-refractivity contribution in [1.82, 2.24) is 0 Å². The van der Waals surface area contributed by atoms with E-state index in [9.17, 15) is 4.79 Å². The van der Waals surface area contributed by atoms with Crippen molar-refractivity contribution >= 4 is 13.3 Å². The second-order valence-corrected chi connectivity index (χ2v) is 5.41. The zero-order valence-corrected chi connectivity index (χ0v) is 12.8. The van der Waals surface area contributed by atoms with Crippen LogP contribution in [0.2, 0.25) is 0 Å². The Morgan fingerprint density at radius 3 is 2.59 bits per heavy atom. The first-order valence-corrected chi connectivity index (χ1v) is 7.67. The van der Waals surface area contributed by atoms with E-state index in [1.165, 1.54) is 19.3 Å². The van der Waals surface area contributed by atoms with Crippen LogP contribution in [0, 0.1) is 17.2 Å². The summed E-state index contributed by atoms with van der Waals surface area (Å²) in [5.74, 6) is -0.143. The summed E-state index contributed by atoms with van der Waals surface area (Å²) in [5, 5.41) is 8.72. The van der Waals surface area contributed by atoms with Gasteiger partial charge in [-0.2, -0.15) is 5.26 Å². The summed E-state index contributed by atoms with van der Waals surface area (Å²) in [6.07, 6.45) is 4.65. The Balaban J connectivity index is 1.75. The number of unbranched alkanes of at least 4 members (excludes halogenated alkanes) is 2.